The molecule has 0 atom stereocenters. The van der Waals surface area contributed by atoms with E-state index < -0.39 is 11.0 Å². The predicted octanol–water partition coefficient (Wildman–Crippen LogP) is 5.06. The summed E-state index contributed by atoms with van der Waals surface area (Å²) in [5, 5.41) is 21.1. The molecule has 0 amide bonds. The number of hydrogen-bond acceptors (Lipinski definition) is 2. The van der Waals surface area contributed by atoms with Crippen molar-refractivity contribution in [2.75, 3.05) is 0 Å². The van der Waals surface area contributed by atoms with Crippen LogP contribution < -0.4 is 0 Å². The van der Waals surface area contributed by atoms with E-state index in [0.717, 1.165) is 57.3 Å². The Morgan fingerprint density at radius 1 is 1.05 bits per heavy atom. The minimum absolute atomic E-state index is 0.320. The van der Waals surface area contributed by atoms with Gasteiger partial charge in [0.25, 0.3) is 0 Å². The van der Waals surface area contributed by atoms with Crippen LogP contribution in [0.2, 0.25) is 0 Å². The van der Waals surface area contributed by atoms with Crippen LogP contribution in [0, 0.1) is 34.0 Å². The summed E-state index contributed by atoms with van der Waals surface area (Å²) >= 11 is 0. The fourth-order valence-corrected chi connectivity index (χ4v) is 4.70. The highest BCUT2D eigenvalue weighted by Crippen LogP contribution is 2.54. The lowest BCUT2D eigenvalue weighted by Gasteiger charge is -2.51. The second kappa shape index (κ2) is 5.92. The molecule has 0 saturated heterocycles. The van der Waals surface area contributed by atoms with E-state index in [9.17, 15) is 10.4 Å². The van der Waals surface area contributed by atoms with Gasteiger partial charge in [0.05, 0.1) is 17.1 Å². The molecule has 2 aliphatic carbocycles. The van der Waals surface area contributed by atoms with E-state index in [1.165, 1.54) is 6.42 Å². The summed E-state index contributed by atoms with van der Waals surface area (Å²) in [5.41, 5.74) is -0.884. The van der Waals surface area contributed by atoms with Crippen LogP contribution in [0.5, 0.6) is 0 Å². The average molecular weight is 291 g/mol. The summed E-state index contributed by atoms with van der Waals surface area (Å²) in [6.45, 7) is 9.14. The molecule has 21 heavy (non-hydrogen) atoms. The summed E-state index contributed by atoms with van der Waals surface area (Å²) in [7, 11) is 0. The Morgan fingerprint density at radius 3 is 1.95 bits per heavy atom. The van der Waals surface area contributed by atoms with Crippen molar-refractivity contribution in [2.24, 2.45) is 22.7 Å². The molecule has 2 saturated carbocycles. The fraction of sp³-hybridized carbons (Fsp3) is 0.947. The van der Waals surface area contributed by atoms with E-state index in [2.05, 4.69) is 33.8 Å². The molecule has 2 aliphatic rings. The Hall–Kier alpha value is -0.550. The molecule has 0 radical (unpaired) electrons. The standard InChI is InChI=1S/C19H33NO/c1-5-15-6-10-18(14-20,11-7-15)19(21)12-8-16(9-13-19)17(2,3)4/h15-16,21H,5-13H2,1-4H3. The summed E-state index contributed by atoms with van der Waals surface area (Å²) in [4.78, 5) is 0. The molecule has 2 nitrogen and oxygen atoms in total. The van der Waals surface area contributed by atoms with Crippen LogP contribution in [-0.4, -0.2) is 10.7 Å². The van der Waals surface area contributed by atoms with Gasteiger partial charge in [0.15, 0.2) is 0 Å². The minimum atomic E-state index is -0.734. The van der Waals surface area contributed by atoms with Gasteiger partial charge in [-0.25, -0.2) is 0 Å². The first-order chi connectivity index (χ1) is 9.76. The van der Waals surface area contributed by atoms with Gasteiger partial charge in [0, 0.05) is 0 Å². The maximum absolute atomic E-state index is 11.3. The third-order valence-electron chi connectivity index (χ3n) is 6.68. The molecule has 0 heterocycles. The number of rotatable bonds is 2. The molecule has 0 unspecified atom stereocenters. The molecular formula is C19H33NO. The van der Waals surface area contributed by atoms with Crippen LogP contribution in [0.4, 0.5) is 0 Å². The largest absolute Gasteiger partial charge is 0.388 e. The molecule has 2 rings (SSSR count). The van der Waals surface area contributed by atoms with Crippen LogP contribution in [0.15, 0.2) is 0 Å². The Kier molecular flexibility index (Phi) is 4.74. The topological polar surface area (TPSA) is 44.0 Å². The fourth-order valence-electron chi connectivity index (χ4n) is 4.70. The monoisotopic (exact) mass is 291 g/mol. The molecule has 0 aliphatic heterocycles. The molecule has 2 heteroatoms. The van der Waals surface area contributed by atoms with Gasteiger partial charge in [0.2, 0.25) is 0 Å². The Bertz CT molecular complexity index is 385. The smallest absolute Gasteiger partial charge is 0.0860 e. The predicted molar refractivity (Wildman–Crippen MR) is 86.7 cm³/mol. The summed E-state index contributed by atoms with van der Waals surface area (Å²) in [6.07, 6.45) is 9.04. The van der Waals surface area contributed by atoms with Crippen LogP contribution in [0.25, 0.3) is 0 Å². The van der Waals surface area contributed by atoms with Gasteiger partial charge in [0.1, 0.15) is 0 Å². The molecule has 1 N–H and O–H groups in total. The van der Waals surface area contributed by atoms with Gasteiger partial charge in [-0.2, -0.15) is 5.26 Å². The molecule has 0 aromatic rings. The summed E-state index contributed by atoms with van der Waals surface area (Å²) < 4.78 is 0. The van der Waals surface area contributed by atoms with E-state index in [-0.39, 0.29) is 0 Å². The molecule has 120 valence electrons. The molecule has 0 spiro atoms. The van der Waals surface area contributed by atoms with Crippen molar-refractivity contribution >= 4 is 0 Å². The lowest BCUT2D eigenvalue weighted by atomic mass is 9.55. The van der Waals surface area contributed by atoms with E-state index in [1.54, 1.807) is 0 Å². The van der Waals surface area contributed by atoms with Crippen molar-refractivity contribution < 1.29 is 5.11 Å². The van der Waals surface area contributed by atoms with Crippen LogP contribution in [-0.2, 0) is 0 Å². The van der Waals surface area contributed by atoms with E-state index in [4.69, 9.17) is 0 Å². The lowest BCUT2D eigenvalue weighted by molar-refractivity contribution is -0.116. The molecule has 2 fully saturated rings. The minimum Gasteiger partial charge on any atom is -0.388 e. The third-order valence-corrected chi connectivity index (χ3v) is 6.68. The van der Waals surface area contributed by atoms with Gasteiger partial charge in [-0.3, -0.25) is 0 Å². The lowest BCUT2D eigenvalue weighted by Crippen LogP contribution is -2.52. The van der Waals surface area contributed by atoms with Crippen molar-refractivity contribution in [2.45, 2.75) is 91.1 Å². The molecule has 0 aromatic carbocycles. The Morgan fingerprint density at radius 2 is 1.57 bits per heavy atom. The van der Waals surface area contributed by atoms with Crippen LogP contribution >= 0.6 is 0 Å². The first-order valence-corrected chi connectivity index (χ1v) is 8.90. The highest BCUT2D eigenvalue weighted by Gasteiger charge is 2.53. The average Bonchev–Trinajstić information content (AvgIpc) is 2.46. The highest BCUT2D eigenvalue weighted by molar-refractivity contribution is 5.14. The zero-order valence-corrected chi connectivity index (χ0v) is 14.4. The third kappa shape index (κ3) is 3.14. The quantitative estimate of drug-likeness (QED) is 0.772. The Balaban J connectivity index is 2.08. The number of aliphatic hydroxyl groups is 1. The van der Waals surface area contributed by atoms with Gasteiger partial charge in [-0.1, -0.05) is 34.1 Å². The van der Waals surface area contributed by atoms with E-state index in [1.807, 2.05) is 0 Å². The normalized spacial score (nSPS) is 41.5. The van der Waals surface area contributed by atoms with Gasteiger partial charge < -0.3 is 5.11 Å². The number of nitrogens with zero attached hydrogens (tertiary/aromatic N) is 1. The highest BCUT2D eigenvalue weighted by atomic mass is 16.3. The summed E-state index contributed by atoms with van der Waals surface area (Å²) in [6, 6.07) is 2.58. The first-order valence-electron chi connectivity index (χ1n) is 8.90. The van der Waals surface area contributed by atoms with E-state index in [0.29, 0.717) is 11.3 Å². The number of hydrogen-bond donors (Lipinski definition) is 1. The number of nitriles is 1. The van der Waals surface area contributed by atoms with Crippen LogP contribution in [0.1, 0.15) is 85.5 Å². The molecule has 0 bridgehead atoms. The second-order valence-corrected chi connectivity index (χ2v) is 8.72. The molecular weight excluding hydrogens is 258 g/mol. The SMILES string of the molecule is CCC1CCC(C#N)(C2(O)CCC(C(C)(C)C)CC2)CC1. The Labute approximate surface area is 130 Å². The maximum atomic E-state index is 11.3. The zero-order valence-electron chi connectivity index (χ0n) is 14.4. The molecule has 0 aromatic heterocycles. The van der Waals surface area contributed by atoms with Crippen molar-refractivity contribution in [1.82, 2.24) is 0 Å². The van der Waals surface area contributed by atoms with Gasteiger partial charge in [-0.15, -0.1) is 0 Å². The maximum Gasteiger partial charge on any atom is 0.0860 e. The zero-order chi connectivity index (χ0) is 15.7. The van der Waals surface area contributed by atoms with E-state index >= 15 is 0 Å². The van der Waals surface area contributed by atoms with Crippen molar-refractivity contribution in [3.63, 3.8) is 0 Å². The second-order valence-electron chi connectivity index (χ2n) is 8.72. The first kappa shape index (κ1) is 16.8. The van der Waals surface area contributed by atoms with Crippen molar-refractivity contribution in [1.29, 1.82) is 5.26 Å². The van der Waals surface area contributed by atoms with Crippen LogP contribution in [0.3, 0.4) is 0 Å². The summed E-state index contributed by atoms with van der Waals surface area (Å²) in [5.74, 6) is 1.45. The van der Waals surface area contributed by atoms with Gasteiger partial charge in [-0.05, 0) is 68.6 Å². The van der Waals surface area contributed by atoms with Gasteiger partial charge >= 0.3 is 0 Å². The van der Waals surface area contributed by atoms with Crippen molar-refractivity contribution in [3.8, 4) is 6.07 Å². The van der Waals surface area contributed by atoms with Crippen molar-refractivity contribution in [3.05, 3.63) is 0 Å².